The second kappa shape index (κ2) is 5.83. The number of carbonyl (C=O) groups is 2. The number of phenols is 1. The first kappa shape index (κ1) is 14.2. The van der Waals surface area contributed by atoms with Crippen molar-refractivity contribution in [3.05, 3.63) is 29.3 Å². The fraction of sp³-hybridized carbons (Fsp3) is 0.333. The van der Waals surface area contributed by atoms with Gasteiger partial charge in [-0.1, -0.05) is 0 Å². The first-order chi connectivity index (χ1) is 9.49. The molecule has 0 bridgehead atoms. The summed E-state index contributed by atoms with van der Waals surface area (Å²) in [6.45, 7) is 0.459. The number of nitrogens with zero attached hydrogens (tertiary/aromatic N) is 1. The summed E-state index contributed by atoms with van der Waals surface area (Å²) < 4.78 is 26.1. The molecule has 0 aromatic heterocycles. The molecule has 108 valence electrons. The van der Waals surface area contributed by atoms with E-state index in [0.717, 1.165) is 5.06 Å². The van der Waals surface area contributed by atoms with Crippen molar-refractivity contribution in [3.63, 3.8) is 0 Å². The van der Waals surface area contributed by atoms with Gasteiger partial charge in [-0.05, 0) is 12.5 Å². The molecule has 1 aliphatic heterocycles. The van der Waals surface area contributed by atoms with Crippen molar-refractivity contribution in [2.45, 2.75) is 6.42 Å². The van der Waals surface area contributed by atoms with Crippen molar-refractivity contribution in [2.75, 3.05) is 19.7 Å². The molecule has 0 unspecified atom stereocenters. The lowest BCUT2D eigenvalue weighted by molar-refractivity contribution is -0.167. The van der Waals surface area contributed by atoms with Gasteiger partial charge in [0.05, 0.1) is 25.3 Å². The molecule has 1 saturated heterocycles. The molecule has 8 heteroatoms. The predicted octanol–water partition coefficient (Wildman–Crippen LogP) is 0.564. The molecule has 6 nitrogen and oxygen atoms in total. The first-order valence-corrected chi connectivity index (χ1v) is 5.88. The normalized spacial score (nSPS) is 14.4. The van der Waals surface area contributed by atoms with Gasteiger partial charge in [-0.25, -0.2) is 13.8 Å². The van der Waals surface area contributed by atoms with Gasteiger partial charge in [-0.15, -0.1) is 0 Å². The van der Waals surface area contributed by atoms with Crippen LogP contribution in [0.2, 0.25) is 0 Å². The molecule has 20 heavy (non-hydrogen) atoms. The van der Waals surface area contributed by atoms with Gasteiger partial charge in [-0.3, -0.25) is 14.4 Å². The zero-order valence-corrected chi connectivity index (χ0v) is 10.4. The minimum Gasteiger partial charge on any atom is -0.504 e. The monoisotopic (exact) mass is 286 g/mol. The Morgan fingerprint density at radius 3 is 2.80 bits per heavy atom. The number of phenolic OH excluding ortho intramolecular Hbond substituents is 1. The van der Waals surface area contributed by atoms with Crippen LogP contribution in [0.4, 0.5) is 8.78 Å². The van der Waals surface area contributed by atoms with E-state index in [1.54, 1.807) is 0 Å². The molecule has 1 fully saturated rings. The first-order valence-electron chi connectivity index (χ1n) is 5.88. The minimum absolute atomic E-state index is 0.392. The molecule has 0 saturated carbocycles. The van der Waals surface area contributed by atoms with Crippen LogP contribution in [-0.2, 0) is 9.63 Å². The lowest BCUT2D eigenvalue weighted by atomic mass is 10.1. The number of hydrogen-bond donors (Lipinski definition) is 2. The van der Waals surface area contributed by atoms with E-state index in [9.17, 15) is 23.5 Å². The molecule has 2 amide bonds. The summed E-state index contributed by atoms with van der Waals surface area (Å²) in [4.78, 5) is 28.2. The molecule has 1 aromatic rings. The van der Waals surface area contributed by atoms with E-state index in [1.807, 2.05) is 0 Å². The second-order valence-electron chi connectivity index (χ2n) is 4.15. The molecule has 1 aromatic carbocycles. The van der Waals surface area contributed by atoms with Crippen LogP contribution in [0, 0.1) is 11.6 Å². The summed E-state index contributed by atoms with van der Waals surface area (Å²) in [5.74, 6) is -4.64. The van der Waals surface area contributed by atoms with Crippen molar-refractivity contribution in [1.82, 2.24) is 10.4 Å². The number of benzene rings is 1. The van der Waals surface area contributed by atoms with Gasteiger partial charge in [-0.2, -0.15) is 0 Å². The van der Waals surface area contributed by atoms with E-state index in [1.165, 1.54) is 0 Å². The van der Waals surface area contributed by atoms with Gasteiger partial charge in [0, 0.05) is 6.07 Å². The summed E-state index contributed by atoms with van der Waals surface area (Å²) in [6, 6.07) is 1.14. The summed E-state index contributed by atoms with van der Waals surface area (Å²) in [5.41, 5.74) is -0.572. The van der Waals surface area contributed by atoms with E-state index in [-0.39, 0.29) is 0 Å². The van der Waals surface area contributed by atoms with Crippen molar-refractivity contribution < 1.29 is 28.3 Å². The Hall–Kier alpha value is -2.22. The lowest BCUT2D eigenvalue weighted by Crippen LogP contribution is -2.38. The highest BCUT2D eigenvalue weighted by molar-refractivity contribution is 5.98. The number of rotatable bonds is 3. The van der Waals surface area contributed by atoms with E-state index in [2.05, 4.69) is 5.32 Å². The molecular formula is C12H12F2N2O4. The third-order valence-electron chi connectivity index (χ3n) is 2.70. The zero-order valence-electron chi connectivity index (χ0n) is 10.4. The molecular weight excluding hydrogens is 274 g/mol. The predicted molar refractivity (Wildman–Crippen MR) is 62.6 cm³/mol. The average molecular weight is 286 g/mol. The molecule has 0 atom stereocenters. The van der Waals surface area contributed by atoms with Gasteiger partial charge in [0.2, 0.25) is 0 Å². The number of carbonyl (C=O) groups excluding carboxylic acids is 2. The fourth-order valence-electron chi connectivity index (χ4n) is 1.72. The highest BCUT2D eigenvalue weighted by Gasteiger charge is 2.21. The third-order valence-corrected chi connectivity index (χ3v) is 2.70. The Morgan fingerprint density at radius 1 is 1.40 bits per heavy atom. The summed E-state index contributed by atoms with van der Waals surface area (Å²) in [6.07, 6.45) is 0.704. The summed E-state index contributed by atoms with van der Waals surface area (Å²) in [5, 5.41) is 12.6. The smallest absolute Gasteiger partial charge is 0.265 e. The van der Waals surface area contributed by atoms with Crippen LogP contribution in [-0.4, -0.2) is 41.7 Å². The van der Waals surface area contributed by atoms with Crippen molar-refractivity contribution in [1.29, 1.82) is 0 Å². The maximum absolute atomic E-state index is 13.1. The SMILES string of the molecule is O=C(NCC(=O)N1CCCO1)c1cc(F)cc(F)c1O. The number of amides is 2. The van der Waals surface area contributed by atoms with Crippen LogP contribution in [0.25, 0.3) is 0 Å². The molecule has 0 aliphatic carbocycles. The van der Waals surface area contributed by atoms with Crippen LogP contribution < -0.4 is 5.32 Å². The van der Waals surface area contributed by atoms with Crippen LogP contribution in [0.1, 0.15) is 16.8 Å². The molecule has 2 rings (SSSR count). The molecule has 0 spiro atoms. The fourth-order valence-corrected chi connectivity index (χ4v) is 1.72. The van der Waals surface area contributed by atoms with Crippen LogP contribution in [0.5, 0.6) is 5.75 Å². The molecule has 1 aliphatic rings. The van der Waals surface area contributed by atoms with Crippen molar-refractivity contribution in [2.24, 2.45) is 0 Å². The molecule has 0 radical (unpaired) electrons. The lowest BCUT2D eigenvalue weighted by Gasteiger charge is -2.14. The molecule has 2 N–H and O–H groups in total. The molecule has 1 heterocycles. The van der Waals surface area contributed by atoms with E-state index < -0.39 is 41.3 Å². The van der Waals surface area contributed by atoms with Crippen LogP contribution >= 0.6 is 0 Å². The minimum atomic E-state index is -1.25. The Bertz CT molecular complexity index is 545. The highest BCUT2D eigenvalue weighted by Crippen LogP contribution is 2.22. The Labute approximate surface area is 112 Å². The maximum Gasteiger partial charge on any atom is 0.265 e. The van der Waals surface area contributed by atoms with Crippen molar-refractivity contribution >= 4 is 11.8 Å². The van der Waals surface area contributed by atoms with Gasteiger partial charge >= 0.3 is 0 Å². The zero-order chi connectivity index (χ0) is 14.7. The second-order valence-corrected chi connectivity index (χ2v) is 4.15. The average Bonchev–Trinajstić information content (AvgIpc) is 2.93. The number of hydroxylamine groups is 2. The van der Waals surface area contributed by atoms with Gasteiger partial charge in [0.15, 0.2) is 11.6 Å². The topological polar surface area (TPSA) is 78.9 Å². The quantitative estimate of drug-likeness (QED) is 0.851. The Morgan fingerprint density at radius 2 is 2.15 bits per heavy atom. The largest absolute Gasteiger partial charge is 0.504 e. The number of halogens is 2. The van der Waals surface area contributed by atoms with Crippen LogP contribution in [0.3, 0.4) is 0 Å². The highest BCUT2D eigenvalue weighted by atomic mass is 19.1. The van der Waals surface area contributed by atoms with Gasteiger partial charge < -0.3 is 10.4 Å². The van der Waals surface area contributed by atoms with Gasteiger partial charge in [0.25, 0.3) is 11.8 Å². The van der Waals surface area contributed by atoms with E-state index in [4.69, 9.17) is 4.84 Å². The number of aromatic hydroxyl groups is 1. The van der Waals surface area contributed by atoms with Crippen LogP contribution in [0.15, 0.2) is 12.1 Å². The van der Waals surface area contributed by atoms with Gasteiger partial charge in [0.1, 0.15) is 5.82 Å². The summed E-state index contributed by atoms with van der Waals surface area (Å²) in [7, 11) is 0. The summed E-state index contributed by atoms with van der Waals surface area (Å²) >= 11 is 0. The van der Waals surface area contributed by atoms with E-state index >= 15 is 0 Å². The van der Waals surface area contributed by atoms with Crippen molar-refractivity contribution in [3.8, 4) is 5.75 Å². The maximum atomic E-state index is 13.1. The standard InChI is InChI=1S/C12H12F2N2O4/c13-7-4-8(11(18)9(14)5-7)12(19)15-6-10(17)16-2-1-3-20-16/h4-5,18H,1-3,6H2,(H,15,19). The van der Waals surface area contributed by atoms with E-state index in [0.29, 0.717) is 31.7 Å². The third kappa shape index (κ3) is 3.02. The Balaban J connectivity index is 2.00. The number of nitrogens with one attached hydrogen (secondary N) is 1. The number of hydrogen-bond acceptors (Lipinski definition) is 4. The Kier molecular flexibility index (Phi) is 4.14.